The van der Waals surface area contributed by atoms with Crippen LogP contribution in [0.1, 0.15) is 47.5 Å². The number of likely N-dealkylation sites (N-methyl/N-ethyl adjacent to an activating group) is 1. The predicted octanol–water partition coefficient (Wildman–Crippen LogP) is 0.811. The zero-order valence-electron chi connectivity index (χ0n) is 15.5. The molecule has 1 heterocycles. The van der Waals surface area contributed by atoms with Crippen LogP contribution < -0.4 is 5.32 Å². The number of carbonyl (C=O) groups is 2. The van der Waals surface area contributed by atoms with Gasteiger partial charge in [-0.15, -0.1) is 0 Å². The normalized spacial score (nSPS) is 17.5. The number of nitrogens with zero attached hydrogens (tertiary/aromatic N) is 2. The van der Waals surface area contributed by atoms with Gasteiger partial charge in [0.1, 0.15) is 0 Å². The summed E-state index contributed by atoms with van der Waals surface area (Å²) < 4.78 is 25.2. The Bertz CT molecular complexity index is 546. The lowest BCUT2D eigenvalue weighted by Gasteiger charge is -2.33. The van der Waals surface area contributed by atoms with E-state index in [1.165, 1.54) is 4.31 Å². The Balaban J connectivity index is 2.61. The van der Waals surface area contributed by atoms with E-state index in [2.05, 4.69) is 5.32 Å². The van der Waals surface area contributed by atoms with Crippen molar-refractivity contribution in [2.75, 3.05) is 31.9 Å². The minimum atomic E-state index is -3.19. The Morgan fingerprint density at radius 2 is 1.71 bits per heavy atom. The average molecular weight is 362 g/mol. The lowest BCUT2D eigenvalue weighted by Crippen LogP contribution is -2.50. The molecule has 0 unspecified atom stereocenters. The van der Waals surface area contributed by atoms with Crippen molar-refractivity contribution < 1.29 is 18.0 Å². The molecular formula is C16H31N3O4S. The number of hydrogen-bond donors (Lipinski definition) is 1. The Hall–Kier alpha value is -1.15. The molecule has 1 rings (SSSR count). The van der Waals surface area contributed by atoms with E-state index in [0.29, 0.717) is 32.5 Å². The molecule has 1 aliphatic rings. The van der Waals surface area contributed by atoms with Gasteiger partial charge in [-0.25, -0.2) is 12.7 Å². The van der Waals surface area contributed by atoms with Crippen LogP contribution in [-0.2, 0) is 19.6 Å². The van der Waals surface area contributed by atoms with Gasteiger partial charge in [-0.1, -0.05) is 0 Å². The van der Waals surface area contributed by atoms with E-state index >= 15 is 0 Å². The van der Waals surface area contributed by atoms with Crippen molar-refractivity contribution in [3.63, 3.8) is 0 Å². The fraction of sp³-hybridized carbons (Fsp3) is 0.875. The summed E-state index contributed by atoms with van der Waals surface area (Å²) in [4.78, 5) is 26.2. The summed E-state index contributed by atoms with van der Waals surface area (Å²) >= 11 is 0. The maximum Gasteiger partial charge on any atom is 0.240 e. The third-order valence-electron chi connectivity index (χ3n) is 4.10. The van der Waals surface area contributed by atoms with Crippen LogP contribution >= 0.6 is 0 Å². The molecule has 2 amide bonds. The maximum absolute atomic E-state index is 12.6. The van der Waals surface area contributed by atoms with E-state index in [1.54, 1.807) is 11.8 Å². The number of amides is 2. The van der Waals surface area contributed by atoms with Gasteiger partial charge in [0.2, 0.25) is 21.8 Å². The lowest BCUT2D eigenvalue weighted by atomic mass is 9.96. The van der Waals surface area contributed by atoms with Crippen LogP contribution in [0.5, 0.6) is 0 Å². The highest BCUT2D eigenvalue weighted by Gasteiger charge is 2.32. The first kappa shape index (κ1) is 20.9. The first-order chi connectivity index (χ1) is 11.0. The smallest absolute Gasteiger partial charge is 0.240 e. The molecule has 1 N–H and O–H groups in total. The molecule has 0 aliphatic carbocycles. The third-order valence-corrected chi connectivity index (χ3v) is 5.99. The number of sulfonamides is 1. The monoisotopic (exact) mass is 361 g/mol. The van der Waals surface area contributed by atoms with Gasteiger partial charge < -0.3 is 10.2 Å². The standard InChI is InChI=1S/C16H31N3O4S/c1-6-18(12-14(20)17-16(3,4)5)15(21)13-8-10-19(11-9-13)24(22,23)7-2/h13H,6-12H2,1-5H3,(H,17,20). The molecular weight excluding hydrogens is 330 g/mol. The average Bonchev–Trinajstić information content (AvgIpc) is 2.50. The molecule has 7 nitrogen and oxygen atoms in total. The summed E-state index contributed by atoms with van der Waals surface area (Å²) in [7, 11) is -3.19. The quantitative estimate of drug-likeness (QED) is 0.758. The molecule has 0 atom stereocenters. The predicted molar refractivity (Wildman–Crippen MR) is 93.9 cm³/mol. The molecule has 1 fully saturated rings. The number of carbonyl (C=O) groups excluding carboxylic acids is 2. The second-order valence-corrected chi connectivity index (χ2v) is 9.48. The Labute approximate surface area is 145 Å². The summed E-state index contributed by atoms with van der Waals surface area (Å²) in [5, 5.41) is 2.86. The zero-order chi connectivity index (χ0) is 18.5. The van der Waals surface area contributed by atoms with E-state index in [-0.39, 0.29) is 35.6 Å². The number of hydrogen-bond acceptors (Lipinski definition) is 4. The number of rotatable bonds is 6. The molecule has 0 bridgehead atoms. The van der Waals surface area contributed by atoms with Gasteiger partial charge in [0.25, 0.3) is 0 Å². The highest BCUT2D eigenvalue weighted by molar-refractivity contribution is 7.89. The first-order valence-corrected chi connectivity index (χ1v) is 10.2. The van der Waals surface area contributed by atoms with Gasteiger partial charge in [0, 0.05) is 31.1 Å². The van der Waals surface area contributed by atoms with Crippen LogP contribution in [-0.4, -0.2) is 66.9 Å². The zero-order valence-corrected chi connectivity index (χ0v) is 16.3. The summed E-state index contributed by atoms with van der Waals surface area (Å²) in [6, 6.07) is 0. The van der Waals surface area contributed by atoms with Crippen molar-refractivity contribution in [3.8, 4) is 0 Å². The van der Waals surface area contributed by atoms with Gasteiger partial charge in [0.15, 0.2) is 0 Å². The van der Waals surface area contributed by atoms with Gasteiger partial charge in [-0.2, -0.15) is 0 Å². The first-order valence-electron chi connectivity index (χ1n) is 8.57. The number of nitrogens with one attached hydrogen (secondary N) is 1. The highest BCUT2D eigenvalue weighted by atomic mass is 32.2. The van der Waals surface area contributed by atoms with Crippen LogP contribution in [0, 0.1) is 5.92 Å². The molecule has 1 saturated heterocycles. The highest BCUT2D eigenvalue weighted by Crippen LogP contribution is 2.22. The van der Waals surface area contributed by atoms with Gasteiger partial charge >= 0.3 is 0 Å². The van der Waals surface area contributed by atoms with Crippen LogP contribution in [0.2, 0.25) is 0 Å². The molecule has 24 heavy (non-hydrogen) atoms. The summed E-state index contributed by atoms with van der Waals surface area (Å²) in [6.45, 7) is 10.4. The van der Waals surface area contributed by atoms with Crippen LogP contribution in [0.4, 0.5) is 0 Å². The Morgan fingerprint density at radius 1 is 1.17 bits per heavy atom. The second-order valence-electron chi connectivity index (χ2n) is 7.22. The van der Waals surface area contributed by atoms with Gasteiger partial charge in [-0.3, -0.25) is 9.59 Å². The van der Waals surface area contributed by atoms with Crippen LogP contribution in [0.25, 0.3) is 0 Å². The SMILES string of the molecule is CCN(CC(=O)NC(C)(C)C)C(=O)C1CCN(S(=O)(=O)CC)CC1. The molecule has 0 saturated carbocycles. The largest absolute Gasteiger partial charge is 0.350 e. The molecule has 0 aromatic carbocycles. The Kier molecular flexibility index (Phi) is 7.22. The summed E-state index contributed by atoms with van der Waals surface area (Å²) in [5.74, 6) is -0.367. The van der Waals surface area contributed by atoms with Crippen molar-refractivity contribution >= 4 is 21.8 Å². The van der Waals surface area contributed by atoms with Crippen molar-refractivity contribution in [1.29, 1.82) is 0 Å². The van der Waals surface area contributed by atoms with E-state index in [9.17, 15) is 18.0 Å². The third kappa shape index (κ3) is 6.05. The van der Waals surface area contributed by atoms with E-state index in [1.807, 2.05) is 27.7 Å². The van der Waals surface area contributed by atoms with Crippen molar-refractivity contribution in [2.24, 2.45) is 5.92 Å². The number of piperidine rings is 1. The molecule has 0 aromatic rings. The van der Waals surface area contributed by atoms with E-state index in [0.717, 1.165) is 0 Å². The maximum atomic E-state index is 12.6. The Morgan fingerprint density at radius 3 is 2.12 bits per heavy atom. The molecule has 0 radical (unpaired) electrons. The molecule has 8 heteroatoms. The van der Waals surface area contributed by atoms with Crippen LogP contribution in [0.3, 0.4) is 0 Å². The van der Waals surface area contributed by atoms with E-state index in [4.69, 9.17) is 0 Å². The second kappa shape index (κ2) is 8.29. The summed E-state index contributed by atoms with van der Waals surface area (Å²) in [6.07, 6.45) is 1.02. The summed E-state index contributed by atoms with van der Waals surface area (Å²) in [5.41, 5.74) is -0.334. The van der Waals surface area contributed by atoms with E-state index < -0.39 is 10.0 Å². The van der Waals surface area contributed by atoms with Crippen LogP contribution in [0.15, 0.2) is 0 Å². The van der Waals surface area contributed by atoms with Gasteiger partial charge in [0.05, 0.1) is 12.3 Å². The molecule has 0 aromatic heterocycles. The molecule has 0 spiro atoms. The minimum absolute atomic E-state index is 0.0417. The lowest BCUT2D eigenvalue weighted by molar-refractivity contribution is -0.140. The fourth-order valence-corrected chi connectivity index (χ4v) is 3.93. The topological polar surface area (TPSA) is 86.8 Å². The molecule has 140 valence electrons. The van der Waals surface area contributed by atoms with Crippen molar-refractivity contribution in [2.45, 2.75) is 53.0 Å². The van der Waals surface area contributed by atoms with Gasteiger partial charge in [-0.05, 0) is 47.5 Å². The molecule has 1 aliphatic heterocycles. The minimum Gasteiger partial charge on any atom is -0.350 e. The van der Waals surface area contributed by atoms with Crippen molar-refractivity contribution in [3.05, 3.63) is 0 Å². The van der Waals surface area contributed by atoms with Crippen molar-refractivity contribution in [1.82, 2.24) is 14.5 Å². The fourth-order valence-electron chi connectivity index (χ4n) is 2.80.